The first kappa shape index (κ1) is 18.4. The van der Waals surface area contributed by atoms with Gasteiger partial charge in [0, 0.05) is 12.7 Å². The van der Waals surface area contributed by atoms with Gasteiger partial charge in [-0.05, 0) is 43.4 Å². The molecule has 7 nitrogen and oxygen atoms in total. The van der Waals surface area contributed by atoms with Gasteiger partial charge in [0.25, 0.3) is 5.91 Å². The number of carbonyl (C=O) groups excluding carboxylic acids is 3. The molecule has 2 unspecified atom stereocenters. The Morgan fingerprint density at radius 3 is 2.69 bits per heavy atom. The minimum atomic E-state index is -1.23. The van der Waals surface area contributed by atoms with Crippen LogP contribution in [0.4, 0.5) is 4.79 Å². The number of nitrogens with zero attached hydrogens (tertiary/aromatic N) is 1. The van der Waals surface area contributed by atoms with Crippen LogP contribution in [0.3, 0.4) is 0 Å². The molecular formula is C19H25N3O4. The van der Waals surface area contributed by atoms with Crippen molar-refractivity contribution in [2.45, 2.75) is 44.2 Å². The molecule has 2 fully saturated rings. The minimum absolute atomic E-state index is 0.161. The zero-order chi connectivity index (χ0) is 18.9. The van der Waals surface area contributed by atoms with E-state index in [-0.39, 0.29) is 18.6 Å². The van der Waals surface area contributed by atoms with Crippen molar-refractivity contribution in [3.8, 4) is 0 Å². The van der Waals surface area contributed by atoms with E-state index in [4.69, 9.17) is 10.5 Å². The summed E-state index contributed by atoms with van der Waals surface area (Å²) in [5.41, 5.74) is 4.93. The quantitative estimate of drug-likeness (QED) is 0.756. The van der Waals surface area contributed by atoms with Gasteiger partial charge in [-0.25, -0.2) is 4.79 Å². The van der Waals surface area contributed by atoms with Gasteiger partial charge in [0.2, 0.25) is 5.91 Å². The van der Waals surface area contributed by atoms with Crippen LogP contribution < -0.4 is 11.1 Å². The topological polar surface area (TPSA) is 102 Å². The molecule has 0 bridgehead atoms. The Balaban J connectivity index is 1.83. The molecule has 1 aromatic rings. The molecule has 2 aliphatic rings. The number of amides is 4. The van der Waals surface area contributed by atoms with Crippen molar-refractivity contribution in [3.05, 3.63) is 35.4 Å². The van der Waals surface area contributed by atoms with E-state index in [1.54, 1.807) is 38.3 Å². The number of benzene rings is 1. The van der Waals surface area contributed by atoms with Crippen LogP contribution in [0.2, 0.25) is 0 Å². The number of nitrogens with one attached hydrogen (secondary N) is 1. The number of hydrogen-bond acceptors (Lipinski definition) is 4. The summed E-state index contributed by atoms with van der Waals surface area (Å²) in [6.07, 6.45) is 4.26. The molecule has 2 atom stereocenters. The number of methoxy groups -OCH3 is 1. The summed E-state index contributed by atoms with van der Waals surface area (Å²) < 4.78 is 5.58. The van der Waals surface area contributed by atoms with E-state index in [1.807, 2.05) is 0 Å². The minimum Gasteiger partial charge on any atom is -0.379 e. The fraction of sp³-hybridized carbons (Fsp3) is 0.526. The van der Waals surface area contributed by atoms with Crippen LogP contribution in [-0.4, -0.2) is 42.5 Å². The lowest BCUT2D eigenvalue weighted by molar-refractivity contribution is -0.132. The largest absolute Gasteiger partial charge is 0.379 e. The number of urea groups is 1. The molecule has 0 aromatic heterocycles. The third kappa shape index (κ3) is 3.19. The normalized spacial score (nSPS) is 24.8. The van der Waals surface area contributed by atoms with Crippen molar-refractivity contribution in [2.24, 2.45) is 11.7 Å². The molecular weight excluding hydrogens is 334 g/mol. The summed E-state index contributed by atoms with van der Waals surface area (Å²) in [5, 5.41) is 2.76. The van der Waals surface area contributed by atoms with Crippen LogP contribution in [0.5, 0.6) is 0 Å². The van der Waals surface area contributed by atoms with Gasteiger partial charge in [0.15, 0.2) is 0 Å². The van der Waals surface area contributed by atoms with E-state index in [1.165, 1.54) is 4.90 Å². The Hall–Kier alpha value is -2.41. The summed E-state index contributed by atoms with van der Waals surface area (Å²) in [7, 11) is 1.62. The second kappa shape index (κ2) is 7.07. The Kier molecular flexibility index (Phi) is 5.00. The Morgan fingerprint density at radius 1 is 1.38 bits per heavy atom. The number of carbonyl (C=O) groups is 3. The predicted molar refractivity (Wildman–Crippen MR) is 95.3 cm³/mol. The van der Waals surface area contributed by atoms with Gasteiger partial charge in [-0.2, -0.15) is 0 Å². The van der Waals surface area contributed by atoms with Crippen molar-refractivity contribution in [3.63, 3.8) is 0 Å². The molecule has 1 heterocycles. The van der Waals surface area contributed by atoms with E-state index in [0.717, 1.165) is 25.7 Å². The second-order valence-electron chi connectivity index (χ2n) is 7.23. The number of hydrogen-bond donors (Lipinski definition) is 2. The fourth-order valence-corrected chi connectivity index (χ4v) is 3.97. The Morgan fingerprint density at radius 2 is 2.08 bits per heavy atom. The zero-order valence-electron chi connectivity index (χ0n) is 15.2. The van der Waals surface area contributed by atoms with Crippen LogP contribution in [0.25, 0.3) is 0 Å². The van der Waals surface area contributed by atoms with Crippen LogP contribution in [0, 0.1) is 5.92 Å². The average Bonchev–Trinajstić information content (AvgIpc) is 3.22. The summed E-state index contributed by atoms with van der Waals surface area (Å²) in [6, 6.07) is 6.05. The molecule has 1 aromatic carbocycles. The first-order valence-corrected chi connectivity index (χ1v) is 8.94. The van der Waals surface area contributed by atoms with Gasteiger partial charge in [0.05, 0.1) is 12.6 Å². The van der Waals surface area contributed by atoms with Gasteiger partial charge >= 0.3 is 6.03 Å². The van der Waals surface area contributed by atoms with Gasteiger partial charge in [0.1, 0.15) is 5.54 Å². The fourth-order valence-electron chi connectivity index (χ4n) is 3.97. The van der Waals surface area contributed by atoms with Gasteiger partial charge < -0.3 is 15.8 Å². The van der Waals surface area contributed by atoms with Crippen LogP contribution in [0.1, 0.15) is 48.5 Å². The van der Waals surface area contributed by atoms with E-state index in [2.05, 4.69) is 5.32 Å². The Labute approximate surface area is 152 Å². The molecule has 0 radical (unpaired) electrons. The summed E-state index contributed by atoms with van der Waals surface area (Å²) in [4.78, 5) is 38.2. The standard InChI is InChI=1S/C19H25N3O4/c1-19(14-9-5-8-13(10-14)16(20)23)17(24)22(18(25)21-19)11-15(26-2)12-6-3-4-7-12/h5,8-10,12,15H,3-4,6-7,11H2,1-2H3,(H2,20,23)(H,21,25). The highest BCUT2D eigenvalue weighted by molar-refractivity contribution is 6.07. The smallest absolute Gasteiger partial charge is 0.325 e. The Bertz CT molecular complexity index is 729. The molecule has 140 valence electrons. The molecule has 1 saturated carbocycles. The maximum Gasteiger partial charge on any atom is 0.325 e. The number of ether oxygens (including phenoxy) is 1. The van der Waals surface area contributed by atoms with Crippen LogP contribution in [-0.2, 0) is 15.1 Å². The molecule has 4 amide bonds. The predicted octanol–water partition coefficient (Wildman–Crippen LogP) is 1.76. The average molecular weight is 359 g/mol. The van der Waals surface area contributed by atoms with E-state index in [9.17, 15) is 14.4 Å². The van der Waals surface area contributed by atoms with E-state index >= 15 is 0 Å². The SMILES string of the molecule is COC(CN1C(=O)NC(C)(c2cccc(C(N)=O)c2)C1=O)C1CCCC1. The molecule has 7 heteroatoms. The van der Waals surface area contributed by atoms with E-state index in [0.29, 0.717) is 17.0 Å². The van der Waals surface area contributed by atoms with Gasteiger partial charge in [-0.15, -0.1) is 0 Å². The van der Waals surface area contributed by atoms with Crippen molar-refractivity contribution < 1.29 is 19.1 Å². The van der Waals surface area contributed by atoms with Crippen molar-refractivity contribution in [1.82, 2.24) is 10.2 Å². The second-order valence-corrected chi connectivity index (χ2v) is 7.23. The van der Waals surface area contributed by atoms with Crippen molar-refractivity contribution in [1.29, 1.82) is 0 Å². The summed E-state index contributed by atoms with van der Waals surface area (Å²) in [6.45, 7) is 1.88. The maximum absolute atomic E-state index is 13.1. The van der Waals surface area contributed by atoms with Gasteiger partial charge in [-0.1, -0.05) is 25.0 Å². The molecule has 1 aliphatic heterocycles. The molecule has 1 saturated heterocycles. The lowest BCUT2D eigenvalue weighted by atomic mass is 9.90. The number of rotatable bonds is 6. The summed E-state index contributed by atoms with van der Waals surface area (Å²) >= 11 is 0. The highest BCUT2D eigenvalue weighted by atomic mass is 16.5. The van der Waals surface area contributed by atoms with Crippen molar-refractivity contribution in [2.75, 3.05) is 13.7 Å². The first-order valence-electron chi connectivity index (χ1n) is 8.94. The third-order valence-electron chi connectivity index (χ3n) is 5.59. The number of primary amides is 1. The molecule has 3 N–H and O–H groups in total. The molecule has 26 heavy (non-hydrogen) atoms. The molecule has 0 spiro atoms. The van der Waals surface area contributed by atoms with Crippen molar-refractivity contribution >= 4 is 17.8 Å². The lowest BCUT2D eigenvalue weighted by Crippen LogP contribution is -2.43. The lowest BCUT2D eigenvalue weighted by Gasteiger charge is -2.27. The van der Waals surface area contributed by atoms with Crippen LogP contribution in [0.15, 0.2) is 24.3 Å². The zero-order valence-corrected chi connectivity index (χ0v) is 15.2. The van der Waals surface area contributed by atoms with Gasteiger partial charge in [-0.3, -0.25) is 14.5 Å². The number of nitrogens with two attached hydrogens (primary N) is 1. The van der Waals surface area contributed by atoms with E-state index < -0.39 is 17.5 Å². The number of imide groups is 1. The molecule has 3 rings (SSSR count). The highest BCUT2D eigenvalue weighted by Gasteiger charge is 2.50. The monoisotopic (exact) mass is 359 g/mol. The maximum atomic E-state index is 13.1. The van der Waals surface area contributed by atoms with Crippen LogP contribution >= 0.6 is 0 Å². The highest BCUT2D eigenvalue weighted by Crippen LogP contribution is 2.33. The third-order valence-corrected chi connectivity index (χ3v) is 5.59. The first-order chi connectivity index (χ1) is 12.4. The molecule has 1 aliphatic carbocycles. The summed E-state index contributed by atoms with van der Waals surface area (Å²) in [5.74, 6) is -0.556.